The Morgan fingerprint density at radius 2 is 2.17 bits per heavy atom. The average molecular weight is 171 g/mol. The molecule has 0 bridgehead atoms. The Labute approximate surface area is 75.6 Å². The number of hydrogen-bond donors (Lipinski definition) is 1. The number of rotatable bonds is 5. The molecule has 12 heavy (non-hydrogen) atoms. The summed E-state index contributed by atoms with van der Waals surface area (Å²) >= 11 is 0. The molecule has 1 saturated heterocycles. The van der Waals surface area contributed by atoms with Crippen molar-refractivity contribution in [3.63, 3.8) is 0 Å². The van der Waals surface area contributed by atoms with Gasteiger partial charge in [-0.1, -0.05) is 13.3 Å². The fourth-order valence-electron chi connectivity index (χ4n) is 1.73. The summed E-state index contributed by atoms with van der Waals surface area (Å²) in [6, 6.07) is 0. The molecule has 1 aliphatic rings. The molecule has 1 atom stereocenters. The minimum absolute atomic E-state index is 0.117. The minimum Gasteiger partial charge on any atom is -0.393 e. The van der Waals surface area contributed by atoms with Gasteiger partial charge in [0, 0.05) is 13.1 Å². The van der Waals surface area contributed by atoms with E-state index in [-0.39, 0.29) is 6.10 Å². The summed E-state index contributed by atoms with van der Waals surface area (Å²) < 4.78 is 0. The fraction of sp³-hybridized carbons (Fsp3) is 1.00. The maximum absolute atomic E-state index is 9.04. The molecule has 0 amide bonds. The van der Waals surface area contributed by atoms with Crippen LogP contribution in [0.1, 0.15) is 33.1 Å². The van der Waals surface area contributed by atoms with Gasteiger partial charge in [-0.15, -0.1) is 0 Å². The number of nitrogens with zero attached hydrogens (tertiary/aromatic N) is 1. The van der Waals surface area contributed by atoms with Crippen LogP contribution in [-0.2, 0) is 0 Å². The Kier molecular flexibility index (Phi) is 4.02. The lowest BCUT2D eigenvalue weighted by atomic mass is 9.97. The van der Waals surface area contributed by atoms with Gasteiger partial charge in [0.15, 0.2) is 0 Å². The monoisotopic (exact) mass is 171 g/mol. The summed E-state index contributed by atoms with van der Waals surface area (Å²) in [5.41, 5.74) is 0. The van der Waals surface area contributed by atoms with Crippen LogP contribution >= 0.6 is 0 Å². The van der Waals surface area contributed by atoms with Crippen LogP contribution < -0.4 is 0 Å². The van der Waals surface area contributed by atoms with E-state index >= 15 is 0 Å². The Bertz CT molecular complexity index is 119. The standard InChI is InChI=1S/C10H21NO/c1-3-10-7-11(8-10)6-4-5-9(2)12/h9-10,12H,3-8H2,1-2H3. The van der Waals surface area contributed by atoms with Crippen LogP contribution in [0, 0.1) is 5.92 Å². The lowest BCUT2D eigenvalue weighted by Crippen LogP contribution is -2.46. The number of hydrogen-bond acceptors (Lipinski definition) is 2. The van der Waals surface area contributed by atoms with Crippen molar-refractivity contribution in [2.75, 3.05) is 19.6 Å². The van der Waals surface area contributed by atoms with Gasteiger partial charge in [-0.3, -0.25) is 0 Å². The molecule has 1 aliphatic heterocycles. The number of aliphatic hydroxyl groups excluding tert-OH is 1. The van der Waals surface area contributed by atoms with Gasteiger partial charge in [0.05, 0.1) is 6.10 Å². The van der Waals surface area contributed by atoms with E-state index in [1.54, 1.807) is 0 Å². The van der Waals surface area contributed by atoms with Crippen molar-refractivity contribution in [1.29, 1.82) is 0 Å². The molecule has 0 radical (unpaired) electrons. The number of aliphatic hydroxyl groups is 1. The highest BCUT2D eigenvalue weighted by atomic mass is 16.3. The van der Waals surface area contributed by atoms with Gasteiger partial charge >= 0.3 is 0 Å². The van der Waals surface area contributed by atoms with Crippen LogP contribution in [0.2, 0.25) is 0 Å². The highest BCUT2D eigenvalue weighted by Gasteiger charge is 2.23. The Hall–Kier alpha value is -0.0800. The lowest BCUT2D eigenvalue weighted by molar-refractivity contribution is 0.0886. The van der Waals surface area contributed by atoms with E-state index in [1.807, 2.05) is 6.92 Å². The second-order valence-corrected chi connectivity index (χ2v) is 4.03. The number of likely N-dealkylation sites (tertiary alicyclic amines) is 1. The second-order valence-electron chi connectivity index (χ2n) is 4.03. The van der Waals surface area contributed by atoms with Crippen LogP contribution in [-0.4, -0.2) is 35.7 Å². The topological polar surface area (TPSA) is 23.5 Å². The van der Waals surface area contributed by atoms with Crippen molar-refractivity contribution in [2.45, 2.75) is 39.2 Å². The summed E-state index contributed by atoms with van der Waals surface area (Å²) in [4.78, 5) is 2.48. The molecule has 2 heteroatoms. The minimum atomic E-state index is -0.117. The largest absolute Gasteiger partial charge is 0.393 e. The van der Waals surface area contributed by atoms with E-state index in [1.165, 1.54) is 26.1 Å². The zero-order valence-electron chi connectivity index (χ0n) is 8.29. The van der Waals surface area contributed by atoms with Gasteiger partial charge in [0.25, 0.3) is 0 Å². The molecule has 2 nitrogen and oxygen atoms in total. The maximum Gasteiger partial charge on any atom is 0.0512 e. The molecule has 1 fully saturated rings. The van der Waals surface area contributed by atoms with Crippen LogP contribution in [0.3, 0.4) is 0 Å². The molecule has 0 aromatic heterocycles. The quantitative estimate of drug-likeness (QED) is 0.677. The Morgan fingerprint density at radius 1 is 1.50 bits per heavy atom. The van der Waals surface area contributed by atoms with Gasteiger partial charge in [-0.2, -0.15) is 0 Å². The Balaban J connectivity index is 1.90. The van der Waals surface area contributed by atoms with Crippen molar-refractivity contribution >= 4 is 0 Å². The first-order valence-electron chi connectivity index (χ1n) is 5.12. The fourth-order valence-corrected chi connectivity index (χ4v) is 1.73. The normalized spacial score (nSPS) is 22.2. The molecule has 1 rings (SSSR count). The molecular weight excluding hydrogens is 150 g/mol. The molecule has 72 valence electrons. The molecular formula is C10H21NO. The third-order valence-electron chi connectivity index (χ3n) is 2.71. The molecule has 0 saturated carbocycles. The van der Waals surface area contributed by atoms with Crippen molar-refractivity contribution in [3.8, 4) is 0 Å². The van der Waals surface area contributed by atoms with Crippen LogP contribution in [0.15, 0.2) is 0 Å². The van der Waals surface area contributed by atoms with Crippen LogP contribution in [0.25, 0.3) is 0 Å². The third-order valence-corrected chi connectivity index (χ3v) is 2.71. The lowest BCUT2D eigenvalue weighted by Gasteiger charge is -2.38. The van der Waals surface area contributed by atoms with E-state index in [0.717, 1.165) is 18.8 Å². The summed E-state index contributed by atoms with van der Waals surface area (Å²) in [5.74, 6) is 0.955. The van der Waals surface area contributed by atoms with Gasteiger partial charge in [-0.05, 0) is 32.2 Å². The SMILES string of the molecule is CCC1CN(CCCC(C)O)C1. The molecule has 0 aliphatic carbocycles. The first-order valence-corrected chi connectivity index (χ1v) is 5.12. The molecule has 1 heterocycles. The van der Waals surface area contributed by atoms with Gasteiger partial charge in [-0.25, -0.2) is 0 Å². The smallest absolute Gasteiger partial charge is 0.0512 e. The highest BCUT2D eigenvalue weighted by molar-refractivity contribution is 4.78. The molecule has 0 aromatic rings. The van der Waals surface area contributed by atoms with Crippen LogP contribution in [0.4, 0.5) is 0 Å². The zero-order chi connectivity index (χ0) is 8.97. The van der Waals surface area contributed by atoms with E-state index in [9.17, 15) is 0 Å². The summed E-state index contributed by atoms with van der Waals surface area (Å²) in [5, 5.41) is 9.04. The molecule has 0 spiro atoms. The predicted octanol–water partition coefficient (Wildman–Crippen LogP) is 1.49. The third kappa shape index (κ3) is 3.11. The summed E-state index contributed by atoms with van der Waals surface area (Å²) in [6.45, 7) is 7.89. The van der Waals surface area contributed by atoms with Crippen molar-refractivity contribution in [1.82, 2.24) is 4.90 Å². The first-order chi connectivity index (χ1) is 5.72. The predicted molar refractivity (Wildman–Crippen MR) is 51.1 cm³/mol. The van der Waals surface area contributed by atoms with Crippen molar-refractivity contribution < 1.29 is 5.11 Å². The average Bonchev–Trinajstić information content (AvgIpc) is 1.93. The van der Waals surface area contributed by atoms with Gasteiger partial charge in [0.2, 0.25) is 0 Å². The molecule has 1 unspecified atom stereocenters. The maximum atomic E-state index is 9.04. The van der Waals surface area contributed by atoms with E-state index in [2.05, 4.69) is 11.8 Å². The van der Waals surface area contributed by atoms with E-state index < -0.39 is 0 Å². The van der Waals surface area contributed by atoms with Gasteiger partial charge < -0.3 is 10.0 Å². The highest BCUT2D eigenvalue weighted by Crippen LogP contribution is 2.18. The van der Waals surface area contributed by atoms with E-state index in [4.69, 9.17) is 5.11 Å². The zero-order valence-corrected chi connectivity index (χ0v) is 8.29. The van der Waals surface area contributed by atoms with E-state index in [0.29, 0.717) is 0 Å². The first kappa shape index (κ1) is 10.0. The second kappa shape index (κ2) is 4.83. The Morgan fingerprint density at radius 3 is 2.67 bits per heavy atom. The van der Waals surface area contributed by atoms with Crippen LogP contribution in [0.5, 0.6) is 0 Å². The molecule has 1 N–H and O–H groups in total. The van der Waals surface area contributed by atoms with Gasteiger partial charge in [0.1, 0.15) is 0 Å². The molecule has 0 aromatic carbocycles. The summed E-state index contributed by atoms with van der Waals surface area (Å²) in [6.07, 6.45) is 3.31. The van der Waals surface area contributed by atoms with Crippen molar-refractivity contribution in [2.24, 2.45) is 5.92 Å². The summed E-state index contributed by atoms with van der Waals surface area (Å²) in [7, 11) is 0. The van der Waals surface area contributed by atoms with Crippen molar-refractivity contribution in [3.05, 3.63) is 0 Å².